The molecule has 3 aliphatic heterocycles. The highest BCUT2D eigenvalue weighted by Gasteiger charge is 2.45. The molecule has 1 saturated heterocycles. The van der Waals surface area contributed by atoms with Crippen LogP contribution in [0, 0.1) is 0 Å². The molecule has 4 aliphatic rings. The molecule has 3 aromatic rings. The van der Waals surface area contributed by atoms with Crippen LogP contribution in [0.4, 0.5) is 11.4 Å². The lowest BCUT2D eigenvalue weighted by Gasteiger charge is -2.39. The maximum Gasteiger partial charge on any atom is 0.264 e. The number of rotatable bonds is 24. The van der Waals surface area contributed by atoms with E-state index < -0.39 is 50.9 Å². The van der Waals surface area contributed by atoms with E-state index in [0.29, 0.717) is 45.3 Å². The maximum absolute atomic E-state index is 11.5. The molecule has 398 valence electrons. The third-order valence-corrected chi connectivity index (χ3v) is 16.4. The number of ether oxygens (including phenoxy) is 2. The zero-order valence-electron chi connectivity index (χ0n) is 42.8. The molecule has 1 aliphatic carbocycles. The van der Waals surface area contributed by atoms with Crippen LogP contribution in [0.2, 0.25) is 0 Å². The Morgan fingerprint density at radius 3 is 2.22 bits per heavy atom. The number of aliphatic hydroxyl groups is 3. The van der Waals surface area contributed by atoms with Crippen molar-refractivity contribution in [2.24, 2.45) is 5.73 Å². The molecule has 15 nitrogen and oxygen atoms in total. The standard InChI is InChI=1S/C56H76N4O11S2/c1-55(2)43-24-7-9-26-45(43)59(33-13-5-15-35-72(64,65)66)48(55)30-28-40-21-18-22-41(29-31-49-56(3,4)44-25-8-10-27-46(44)60(49)34-14-6-16-36-73(67,68)69)53(40)70-42-23-17-20-39(37-42)19-11-12-32-58-38-47-51(61)52(62)50(57)54(63)71-47/h7-10,17,20,23-31,37,47,50-52,54,58,61-63H,5-6,11-16,18-19,21-22,32-36,38,57H2,1-4H3,(H-,64,65,66,67,68,69)/p+1/t47-,50-,51-,52-,54-/m1/s1. The molecule has 73 heavy (non-hydrogen) atoms. The maximum atomic E-state index is 11.5. The zero-order valence-corrected chi connectivity index (χ0v) is 44.5. The molecule has 0 radical (unpaired) electrons. The molecule has 5 atom stereocenters. The molecule has 7 rings (SSSR count). The van der Waals surface area contributed by atoms with E-state index in [2.05, 4.69) is 115 Å². The van der Waals surface area contributed by atoms with E-state index in [9.17, 15) is 41.3 Å². The minimum absolute atomic E-state index is 0.253. The number of nitrogens with zero attached hydrogens (tertiary/aromatic N) is 2. The van der Waals surface area contributed by atoms with Gasteiger partial charge in [0, 0.05) is 54.0 Å². The van der Waals surface area contributed by atoms with Crippen molar-refractivity contribution in [1.29, 1.82) is 0 Å². The lowest BCUT2D eigenvalue weighted by atomic mass is 9.81. The first-order chi connectivity index (χ1) is 34.7. The van der Waals surface area contributed by atoms with Crippen LogP contribution in [-0.4, -0.2) is 120 Å². The van der Waals surface area contributed by atoms with Gasteiger partial charge in [-0.1, -0.05) is 74.9 Å². The second kappa shape index (κ2) is 24.4. The Balaban J connectivity index is 1.17. The number of nitrogens with two attached hydrogens (primary N) is 1. The predicted octanol–water partition coefficient (Wildman–Crippen LogP) is 7.54. The lowest BCUT2D eigenvalue weighted by Crippen LogP contribution is -2.62. The monoisotopic (exact) mass is 1050 g/mol. The molecule has 0 bridgehead atoms. The molecular weight excluding hydrogens is 969 g/mol. The number of allylic oxidation sites excluding steroid dienone is 7. The summed E-state index contributed by atoms with van der Waals surface area (Å²) in [6.07, 6.45) is 12.8. The summed E-state index contributed by atoms with van der Waals surface area (Å²) in [7, 11) is -8.05. The quantitative estimate of drug-likeness (QED) is 0.0261. The van der Waals surface area contributed by atoms with Crippen LogP contribution >= 0.6 is 0 Å². The fourth-order valence-electron chi connectivity index (χ4n) is 10.8. The van der Waals surface area contributed by atoms with Gasteiger partial charge in [-0.15, -0.1) is 0 Å². The van der Waals surface area contributed by atoms with Crippen LogP contribution in [0.5, 0.6) is 5.75 Å². The van der Waals surface area contributed by atoms with E-state index in [4.69, 9.17) is 15.2 Å². The van der Waals surface area contributed by atoms with Gasteiger partial charge in [-0.25, -0.2) is 0 Å². The van der Waals surface area contributed by atoms with Gasteiger partial charge in [0.05, 0.1) is 23.0 Å². The normalized spacial score (nSPS) is 24.0. The van der Waals surface area contributed by atoms with Gasteiger partial charge in [0.2, 0.25) is 5.69 Å². The summed E-state index contributed by atoms with van der Waals surface area (Å²) in [5.41, 5.74) is 15.3. The summed E-state index contributed by atoms with van der Waals surface area (Å²) in [4.78, 5) is 2.35. The Labute approximate surface area is 432 Å². The van der Waals surface area contributed by atoms with Crippen molar-refractivity contribution >= 4 is 37.3 Å². The van der Waals surface area contributed by atoms with Crippen LogP contribution in [0.15, 0.2) is 120 Å². The predicted molar refractivity (Wildman–Crippen MR) is 287 cm³/mol. The molecular formula is C56H77N4O11S2+. The van der Waals surface area contributed by atoms with Crippen LogP contribution < -0.4 is 20.7 Å². The second-order valence-corrected chi connectivity index (χ2v) is 24.1. The van der Waals surface area contributed by atoms with Gasteiger partial charge < -0.3 is 40.7 Å². The molecule has 0 amide bonds. The fraction of sp³-hybridized carbons (Fsp3) is 0.518. The van der Waals surface area contributed by atoms with E-state index in [0.717, 1.165) is 102 Å². The van der Waals surface area contributed by atoms with Crippen LogP contribution in [0.25, 0.3) is 0 Å². The lowest BCUT2D eigenvalue weighted by molar-refractivity contribution is -0.438. The number of fused-ring (bicyclic) bond motifs is 2. The van der Waals surface area contributed by atoms with Crippen molar-refractivity contribution in [3.05, 3.63) is 136 Å². The average Bonchev–Trinajstić information content (AvgIpc) is 3.69. The summed E-state index contributed by atoms with van der Waals surface area (Å²) in [6, 6.07) is 24.0. The summed E-state index contributed by atoms with van der Waals surface area (Å²) < 4.78 is 79.3. The van der Waals surface area contributed by atoms with Crippen molar-refractivity contribution < 1.29 is 55.3 Å². The van der Waals surface area contributed by atoms with Crippen molar-refractivity contribution in [1.82, 2.24) is 5.32 Å². The number of aryl methyl sites for hydroxylation is 1. The zero-order chi connectivity index (χ0) is 52.6. The first kappa shape index (κ1) is 56.2. The molecule has 8 N–H and O–H groups in total. The number of unbranched alkanes of at least 4 members (excludes halogenated alkanes) is 5. The van der Waals surface area contributed by atoms with Crippen LogP contribution in [0.3, 0.4) is 0 Å². The number of hydrogen-bond donors (Lipinski definition) is 7. The highest BCUT2D eigenvalue weighted by Crippen LogP contribution is 2.48. The van der Waals surface area contributed by atoms with E-state index >= 15 is 0 Å². The number of hydrogen-bond acceptors (Lipinski definition) is 12. The molecule has 1 fully saturated rings. The Morgan fingerprint density at radius 2 is 1.48 bits per heavy atom. The molecule has 17 heteroatoms. The Bertz CT molecular complexity index is 2800. The number of para-hydroxylation sites is 2. The van der Waals surface area contributed by atoms with Crippen LogP contribution in [0.1, 0.15) is 115 Å². The summed E-state index contributed by atoms with van der Waals surface area (Å²) in [6.45, 7) is 11.2. The number of aliphatic hydroxyl groups excluding tert-OH is 3. The summed E-state index contributed by atoms with van der Waals surface area (Å²) in [5.74, 6) is 1.03. The Hall–Kier alpha value is -4.53. The molecule has 3 aromatic carbocycles. The third-order valence-electron chi connectivity index (χ3n) is 14.8. The SMILES string of the molecule is CC1(C)C(=CC=C2CCCC(C=CC3=[N+](CCCCCS(=O)(=O)O)c4ccccc4C3(C)C)=C2Oc2cccc(CCCCNC[C@H]3O[C@@H](O)[C@H](N)[C@@H](O)[C@@H]3O)c2)N(CCCCCS(=O)(=O)O)c2ccccc21. The first-order valence-electron chi connectivity index (χ1n) is 25.9. The third kappa shape index (κ3) is 14.2. The number of anilines is 1. The first-order valence-corrected chi connectivity index (χ1v) is 29.1. The Morgan fingerprint density at radius 1 is 0.781 bits per heavy atom. The number of nitrogens with one attached hydrogen (secondary N) is 1. The molecule has 0 aromatic heterocycles. The largest absolute Gasteiger partial charge is 0.457 e. The highest BCUT2D eigenvalue weighted by atomic mass is 32.2. The average molecular weight is 1050 g/mol. The molecule has 3 heterocycles. The van der Waals surface area contributed by atoms with Crippen molar-refractivity contribution in [2.45, 2.75) is 146 Å². The molecule has 0 unspecified atom stereocenters. The van der Waals surface area contributed by atoms with E-state index in [1.54, 1.807) is 0 Å². The van der Waals surface area contributed by atoms with Gasteiger partial charge in [-0.2, -0.15) is 21.4 Å². The van der Waals surface area contributed by atoms with E-state index in [1.165, 1.54) is 11.1 Å². The molecule has 0 saturated carbocycles. The van der Waals surface area contributed by atoms with Gasteiger partial charge in [0.15, 0.2) is 12.0 Å². The van der Waals surface area contributed by atoms with Crippen LogP contribution in [-0.2, 0) is 42.2 Å². The smallest absolute Gasteiger partial charge is 0.264 e. The van der Waals surface area contributed by atoms with Crippen molar-refractivity contribution in [2.75, 3.05) is 42.6 Å². The van der Waals surface area contributed by atoms with Gasteiger partial charge in [-0.3, -0.25) is 9.11 Å². The van der Waals surface area contributed by atoms with Crippen molar-refractivity contribution in [3.63, 3.8) is 0 Å². The minimum Gasteiger partial charge on any atom is -0.457 e. The summed E-state index contributed by atoms with van der Waals surface area (Å²) >= 11 is 0. The number of benzene rings is 3. The molecule has 0 spiro atoms. The topological polar surface area (TPSA) is 232 Å². The van der Waals surface area contributed by atoms with E-state index in [1.807, 2.05) is 24.3 Å². The van der Waals surface area contributed by atoms with Crippen molar-refractivity contribution in [3.8, 4) is 5.75 Å². The summed E-state index contributed by atoms with van der Waals surface area (Å²) in [5, 5.41) is 33.9. The fourth-order valence-corrected chi connectivity index (χ4v) is 11.9. The van der Waals surface area contributed by atoms with Gasteiger partial charge >= 0.3 is 0 Å². The van der Waals surface area contributed by atoms with Gasteiger partial charge in [0.25, 0.3) is 20.2 Å². The minimum atomic E-state index is -4.02. The highest BCUT2D eigenvalue weighted by molar-refractivity contribution is 7.86. The Kier molecular flexibility index (Phi) is 18.8. The van der Waals surface area contributed by atoms with Gasteiger partial charge in [0.1, 0.15) is 36.4 Å². The second-order valence-electron chi connectivity index (χ2n) is 21.0. The van der Waals surface area contributed by atoms with E-state index in [-0.39, 0.29) is 28.9 Å². The van der Waals surface area contributed by atoms with Gasteiger partial charge in [-0.05, 0) is 137 Å².